The van der Waals surface area contributed by atoms with Gasteiger partial charge in [-0.25, -0.2) is 0 Å². The number of carbonyl (C=O) groups excluding carboxylic acids is 1. The Morgan fingerprint density at radius 2 is 2.25 bits per heavy atom. The van der Waals surface area contributed by atoms with Crippen molar-refractivity contribution in [2.24, 2.45) is 0 Å². The summed E-state index contributed by atoms with van der Waals surface area (Å²) in [4.78, 5) is 14.5. The number of morpholine rings is 1. The Balaban J connectivity index is 1.82. The molecule has 0 aliphatic carbocycles. The lowest BCUT2D eigenvalue weighted by Gasteiger charge is -2.43. The maximum atomic E-state index is 12.3. The number of hydrogen-bond donors (Lipinski definition) is 1. The highest BCUT2D eigenvalue weighted by atomic mass is 16.5. The second-order valence-electron chi connectivity index (χ2n) is 6.67. The van der Waals surface area contributed by atoms with Crippen molar-refractivity contribution in [3.8, 4) is 0 Å². The Bertz CT molecular complexity index is 340. The smallest absolute Gasteiger partial charge is 0.237 e. The van der Waals surface area contributed by atoms with Crippen LogP contribution < -0.4 is 5.32 Å². The van der Waals surface area contributed by atoms with E-state index in [1.807, 2.05) is 6.92 Å². The minimum Gasteiger partial charge on any atom is -0.376 e. The van der Waals surface area contributed by atoms with Gasteiger partial charge in [-0.05, 0) is 40.5 Å². The van der Waals surface area contributed by atoms with Crippen LogP contribution in [0.4, 0.5) is 0 Å². The molecule has 0 aromatic heterocycles. The van der Waals surface area contributed by atoms with E-state index in [4.69, 9.17) is 9.47 Å². The first-order valence-electron chi connectivity index (χ1n) is 7.68. The Hall–Kier alpha value is -0.650. The summed E-state index contributed by atoms with van der Waals surface area (Å²) in [6.45, 7) is 11.2. The van der Waals surface area contributed by atoms with Gasteiger partial charge in [0.1, 0.15) is 0 Å². The molecule has 2 saturated heterocycles. The maximum Gasteiger partial charge on any atom is 0.237 e. The number of rotatable bonds is 4. The fourth-order valence-corrected chi connectivity index (χ4v) is 3.13. The molecule has 116 valence electrons. The van der Waals surface area contributed by atoms with Crippen LogP contribution in [-0.2, 0) is 14.3 Å². The third-order valence-electron chi connectivity index (χ3n) is 4.05. The van der Waals surface area contributed by atoms with Crippen LogP contribution in [0.2, 0.25) is 0 Å². The first kappa shape index (κ1) is 15.7. The number of nitrogens with one attached hydrogen (secondary N) is 1. The van der Waals surface area contributed by atoms with Gasteiger partial charge in [0.2, 0.25) is 5.91 Å². The molecule has 2 fully saturated rings. The molecule has 2 heterocycles. The molecule has 0 radical (unpaired) electrons. The fraction of sp³-hybridized carbons (Fsp3) is 0.933. The van der Waals surface area contributed by atoms with E-state index in [1.165, 1.54) is 0 Å². The second-order valence-corrected chi connectivity index (χ2v) is 6.67. The van der Waals surface area contributed by atoms with Crippen molar-refractivity contribution in [2.45, 2.75) is 64.4 Å². The molecule has 2 rings (SSSR count). The molecule has 3 unspecified atom stereocenters. The summed E-state index contributed by atoms with van der Waals surface area (Å²) in [5, 5.41) is 3.02. The van der Waals surface area contributed by atoms with E-state index in [1.54, 1.807) is 0 Å². The molecule has 20 heavy (non-hydrogen) atoms. The normalized spacial score (nSPS) is 32.0. The van der Waals surface area contributed by atoms with Crippen LogP contribution in [0.25, 0.3) is 0 Å². The molecule has 0 aromatic carbocycles. The SMILES string of the molecule is CC1CN(C(C)C(=O)NCC2CCCO2)CC(C)(C)O1. The Morgan fingerprint density at radius 1 is 1.50 bits per heavy atom. The molecular weight excluding hydrogens is 256 g/mol. The van der Waals surface area contributed by atoms with Gasteiger partial charge in [-0.3, -0.25) is 9.69 Å². The third-order valence-corrected chi connectivity index (χ3v) is 4.05. The molecule has 5 heteroatoms. The monoisotopic (exact) mass is 284 g/mol. The number of nitrogens with zero attached hydrogens (tertiary/aromatic N) is 1. The first-order valence-corrected chi connectivity index (χ1v) is 7.68. The van der Waals surface area contributed by atoms with Crippen molar-refractivity contribution in [3.63, 3.8) is 0 Å². The van der Waals surface area contributed by atoms with Crippen molar-refractivity contribution >= 4 is 5.91 Å². The molecule has 0 spiro atoms. The van der Waals surface area contributed by atoms with Gasteiger partial charge >= 0.3 is 0 Å². The van der Waals surface area contributed by atoms with E-state index in [9.17, 15) is 4.79 Å². The molecule has 5 nitrogen and oxygen atoms in total. The molecule has 3 atom stereocenters. The largest absolute Gasteiger partial charge is 0.376 e. The van der Waals surface area contributed by atoms with Crippen LogP contribution in [-0.4, -0.2) is 60.9 Å². The van der Waals surface area contributed by atoms with Crippen LogP contribution in [0.5, 0.6) is 0 Å². The van der Waals surface area contributed by atoms with E-state index < -0.39 is 0 Å². The van der Waals surface area contributed by atoms with Crippen LogP contribution in [0, 0.1) is 0 Å². The van der Waals surface area contributed by atoms with Crippen LogP contribution >= 0.6 is 0 Å². The zero-order valence-electron chi connectivity index (χ0n) is 13.1. The summed E-state index contributed by atoms with van der Waals surface area (Å²) in [7, 11) is 0. The fourth-order valence-electron chi connectivity index (χ4n) is 3.13. The molecule has 1 N–H and O–H groups in total. The summed E-state index contributed by atoms with van der Waals surface area (Å²) in [6.07, 6.45) is 2.51. The molecule has 0 bridgehead atoms. The summed E-state index contributed by atoms with van der Waals surface area (Å²) >= 11 is 0. The molecule has 0 aromatic rings. The van der Waals surface area contributed by atoms with E-state index in [-0.39, 0.29) is 29.8 Å². The molecule has 1 amide bonds. The molecule has 2 aliphatic rings. The third kappa shape index (κ3) is 4.17. The van der Waals surface area contributed by atoms with E-state index in [0.29, 0.717) is 6.54 Å². The molecular formula is C15H28N2O3. The zero-order chi connectivity index (χ0) is 14.8. The van der Waals surface area contributed by atoms with E-state index >= 15 is 0 Å². The van der Waals surface area contributed by atoms with Crippen molar-refractivity contribution < 1.29 is 14.3 Å². The summed E-state index contributed by atoms with van der Waals surface area (Å²) in [6, 6.07) is -0.123. The number of ether oxygens (including phenoxy) is 2. The Labute approximate surface area is 122 Å². The van der Waals surface area contributed by atoms with Crippen molar-refractivity contribution in [3.05, 3.63) is 0 Å². The predicted octanol–water partition coefficient (Wildman–Crippen LogP) is 1.17. The number of hydrogen-bond acceptors (Lipinski definition) is 4. The maximum absolute atomic E-state index is 12.3. The van der Waals surface area contributed by atoms with Gasteiger partial charge in [0.05, 0.1) is 23.9 Å². The quantitative estimate of drug-likeness (QED) is 0.842. The first-order chi connectivity index (χ1) is 9.37. The lowest BCUT2D eigenvalue weighted by atomic mass is 10.0. The lowest BCUT2D eigenvalue weighted by Crippen LogP contribution is -2.58. The van der Waals surface area contributed by atoms with Crippen LogP contribution in [0.3, 0.4) is 0 Å². The summed E-state index contributed by atoms with van der Waals surface area (Å²) < 4.78 is 11.4. The topological polar surface area (TPSA) is 50.8 Å². The Morgan fingerprint density at radius 3 is 2.85 bits per heavy atom. The zero-order valence-corrected chi connectivity index (χ0v) is 13.1. The van der Waals surface area contributed by atoms with Crippen molar-refractivity contribution in [1.29, 1.82) is 0 Å². The van der Waals surface area contributed by atoms with Crippen molar-refractivity contribution in [2.75, 3.05) is 26.2 Å². The minimum absolute atomic E-state index is 0.0883. The van der Waals surface area contributed by atoms with Gasteiger partial charge in [-0.1, -0.05) is 0 Å². The summed E-state index contributed by atoms with van der Waals surface area (Å²) in [5.74, 6) is 0.0883. The standard InChI is InChI=1S/C15H28N2O3/c1-11-9-17(10-15(3,4)20-11)12(2)14(18)16-8-13-6-5-7-19-13/h11-13H,5-10H2,1-4H3,(H,16,18). The molecule has 0 saturated carbocycles. The van der Waals surface area contributed by atoms with Gasteiger partial charge in [-0.15, -0.1) is 0 Å². The summed E-state index contributed by atoms with van der Waals surface area (Å²) in [5.41, 5.74) is -0.194. The highest BCUT2D eigenvalue weighted by molar-refractivity contribution is 5.81. The highest BCUT2D eigenvalue weighted by Gasteiger charge is 2.35. The van der Waals surface area contributed by atoms with Gasteiger partial charge in [0.15, 0.2) is 0 Å². The van der Waals surface area contributed by atoms with E-state index in [0.717, 1.165) is 32.5 Å². The average molecular weight is 284 g/mol. The van der Waals surface area contributed by atoms with Gasteiger partial charge < -0.3 is 14.8 Å². The van der Waals surface area contributed by atoms with E-state index in [2.05, 4.69) is 31.0 Å². The second kappa shape index (κ2) is 6.41. The van der Waals surface area contributed by atoms with Crippen molar-refractivity contribution in [1.82, 2.24) is 10.2 Å². The lowest BCUT2D eigenvalue weighted by molar-refractivity contribution is -0.148. The van der Waals surface area contributed by atoms with Gasteiger partial charge in [-0.2, -0.15) is 0 Å². The Kier molecular flexibility index (Phi) is 5.04. The van der Waals surface area contributed by atoms with Crippen LogP contribution in [0.1, 0.15) is 40.5 Å². The molecule has 2 aliphatic heterocycles. The average Bonchev–Trinajstić information content (AvgIpc) is 2.85. The van der Waals surface area contributed by atoms with Gasteiger partial charge in [0.25, 0.3) is 0 Å². The predicted molar refractivity (Wildman–Crippen MR) is 77.6 cm³/mol. The minimum atomic E-state index is -0.194. The van der Waals surface area contributed by atoms with Crippen LogP contribution in [0.15, 0.2) is 0 Å². The highest BCUT2D eigenvalue weighted by Crippen LogP contribution is 2.22. The number of amides is 1. The van der Waals surface area contributed by atoms with Gasteiger partial charge in [0, 0.05) is 26.2 Å². The number of carbonyl (C=O) groups is 1.